The first-order valence-electron chi connectivity index (χ1n) is 3.70. The van der Waals surface area contributed by atoms with Crippen LogP contribution in [0, 0.1) is 0 Å². The molecule has 1 heterocycles. The second-order valence-electron chi connectivity index (χ2n) is 2.37. The minimum Gasteiger partial charge on any atom is -0.469 e. The average molecular weight is 151 g/mol. The fourth-order valence-electron chi connectivity index (χ4n) is 1.04. The summed E-state index contributed by atoms with van der Waals surface area (Å²) in [5.74, 6) is 0.870. The van der Waals surface area contributed by atoms with Gasteiger partial charge in [0.2, 0.25) is 0 Å². The topological polar surface area (TPSA) is 21.3 Å². The summed E-state index contributed by atoms with van der Waals surface area (Å²) in [6, 6.07) is 0. The van der Waals surface area contributed by atoms with Crippen LogP contribution in [0.25, 0.3) is 0 Å². The van der Waals surface area contributed by atoms with Crippen LogP contribution in [0.2, 0.25) is 0 Å². The van der Waals surface area contributed by atoms with Crippen LogP contribution in [0.3, 0.4) is 0 Å². The van der Waals surface area contributed by atoms with Gasteiger partial charge in [0.05, 0.1) is 5.70 Å². The predicted octanol–water partition coefficient (Wildman–Crippen LogP) is 1.93. The lowest BCUT2D eigenvalue weighted by atomic mass is 10.3. The fraction of sp³-hybridized carbons (Fsp3) is 0.333. The van der Waals surface area contributed by atoms with Gasteiger partial charge in [-0.2, -0.15) is 0 Å². The predicted molar refractivity (Wildman–Crippen MR) is 45.7 cm³/mol. The Kier molecular flexibility index (Phi) is 2.36. The molecule has 2 heteroatoms. The number of nitrogens with one attached hydrogen (secondary N) is 1. The molecule has 1 rings (SSSR count). The van der Waals surface area contributed by atoms with Gasteiger partial charge in [0.15, 0.2) is 6.23 Å². The van der Waals surface area contributed by atoms with Gasteiger partial charge < -0.3 is 10.1 Å². The molecule has 1 N–H and O–H groups in total. The molecule has 0 aromatic heterocycles. The monoisotopic (exact) mass is 151 g/mol. The Hall–Kier alpha value is -1.18. The molecular weight excluding hydrogens is 138 g/mol. The molecule has 1 fully saturated rings. The first-order valence-corrected chi connectivity index (χ1v) is 3.70. The lowest BCUT2D eigenvalue weighted by molar-refractivity contribution is 0.164. The highest BCUT2D eigenvalue weighted by molar-refractivity contribution is 5.29. The Labute approximate surface area is 67.2 Å². The van der Waals surface area contributed by atoms with Crippen LogP contribution in [0.15, 0.2) is 36.3 Å². The first-order chi connectivity index (χ1) is 5.27. The highest BCUT2D eigenvalue weighted by atomic mass is 16.5. The highest BCUT2D eigenvalue weighted by Crippen LogP contribution is 2.18. The van der Waals surface area contributed by atoms with Crippen LogP contribution in [0.4, 0.5) is 0 Å². The van der Waals surface area contributed by atoms with Crippen molar-refractivity contribution in [3.63, 3.8) is 0 Å². The summed E-state index contributed by atoms with van der Waals surface area (Å²) in [4.78, 5) is 0. The van der Waals surface area contributed by atoms with Gasteiger partial charge >= 0.3 is 0 Å². The third-order valence-electron chi connectivity index (χ3n) is 1.49. The van der Waals surface area contributed by atoms with Crippen LogP contribution in [-0.2, 0) is 4.74 Å². The summed E-state index contributed by atoms with van der Waals surface area (Å²) in [6.45, 7) is 7.55. The molecule has 0 saturated carbocycles. The molecule has 0 bridgehead atoms. The van der Waals surface area contributed by atoms with Crippen molar-refractivity contribution in [3.8, 4) is 0 Å². The second-order valence-corrected chi connectivity index (χ2v) is 2.37. The van der Waals surface area contributed by atoms with Crippen molar-refractivity contribution >= 4 is 0 Å². The van der Waals surface area contributed by atoms with E-state index in [0.29, 0.717) is 0 Å². The van der Waals surface area contributed by atoms with Crippen LogP contribution in [0.1, 0.15) is 13.8 Å². The molecule has 1 atom stereocenters. The van der Waals surface area contributed by atoms with Crippen LogP contribution in [-0.4, -0.2) is 6.23 Å². The number of allylic oxidation sites excluding steroid dienone is 3. The molecule has 0 aromatic rings. The molecular formula is C9H13NO. The van der Waals surface area contributed by atoms with Gasteiger partial charge in [-0.15, -0.1) is 0 Å². The first kappa shape index (κ1) is 7.92. The van der Waals surface area contributed by atoms with E-state index < -0.39 is 0 Å². The average Bonchev–Trinajstić information content (AvgIpc) is 2.32. The van der Waals surface area contributed by atoms with Crippen LogP contribution in [0.5, 0.6) is 0 Å². The lowest BCUT2D eigenvalue weighted by Gasteiger charge is -1.99. The van der Waals surface area contributed by atoms with Gasteiger partial charge in [0.25, 0.3) is 0 Å². The second kappa shape index (κ2) is 3.28. The SMILES string of the molecule is C=C/C=C1/OC(C)N/C1=C/C. The zero-order valence-corrected chi connectivity index (χ0v) is 6.92. The maximum Gasteiger partial charge on any atom is 0.167 e. The number of ether oxygens (including phenoxy) is 1. The smallest absolute Gasteiger partial charge is 0.167 e. The molecule has 0 amide bonds. The van der Waals surface area contributed by atoms with Crippen LogP contribution < -0.4 is 5.32 Å². The molecule has 0 aromatic carbocycles. The molecule has 1 aliphatic heterocycles. The van der Waals surface area contributed by atoms with Crippen molar-refractivity contribution in [3.05, 3.63) is 36.3 Å². The van der Waals surface area contributed by atoms with Gasteiger partial charge in [-0.05, 0) is 19.9 Å². The summed E-state index contributed by atoms with van der Waals surface area (Å²) >= 11 is 0. The third-order valence-corrected chi connectivity index (χ3v) is 1.49. The molecule has 0 spiro atoms. The van der Waals surface area contributed by atoms with Gasteiger partial charge in [-0.1, -0.05) is 18.7 Å². The van der Waals surface area contributed by atoms with Crippen LogP contribution >= 0.6 is 0 Å². The normalized spacial score (nSPS) is 30.2. The molecule has 0 aliphatic carbocycles. The number of hydrogen-bond donors (Lipinski definition) is 1. The maximum atomic E-state index is 5.42. The van der Waals surface area contributed by atoms with Gasteiger partial charge in [-0.25, -0.2) is 0 Å². The Bertz CT molecular complexity index is 216. The summed E-state index contributed by atoms with van der Waals surface area (Å²) in [7, 11) is 0. The maximum absolute atomic E-state index is 5.42. The molecule has 11 heavy (non-hydrogen) atoms. The van der Waals surface area contributed by atoms with E-state index in [4.69, 9.17) is 4.74 Å². The summed E-state index contributed by atoms with van der Waals surface area (Å²) in [6.07, 6.45) is 5.64. The summed E-state index contributed by atoms with van der Waals surface area (Å²) in [5.41, 5.74) is 1.04. The largest absolute Gasteiger partial charge is 0.469 e. The Morgan fingerprint density at radius 2 is 2.36 bits per heavy atom. The Morgan fingerprint density at radius 3 is 2.91 bits per heavy atom. The molecule has 1 aliphatic rings. The minimum absolute atomic E-state index is 0.0763. The van der Waals surface area contributed by atoms with Crippen molar-refractivity contribution in [1.29, 1.82) is 0 Å². The van der Waals surface area contributed by atoms with Gasteiger partial charge in [-0.3, -0.25) is 0 Å². The zero-order chi connectivity index (χ0) is 8.27. The van der Waals surface area contributed by atoms with Crippen molar-refractivity contribution in [1.82, 2.24) is 5.32 Å². The van der Waals surface area contributed by atoms with Crippen molar-refractivity contribution in [2.24, 2.45) is 0 Å². The lowest BCUT2D eigenvalue weighted by Crippen LogP contribution is -2.16. The zero-order valence-electron chi connectivity index (χ0n) is 6.92. The molecule has 0 radical (unpaired) electrons. The van der Waals surface area contributed by atoms with Crippen molar-refractivity contribution < 1.29 is 4.74 Å². The number of hydrogen-bond acceptors (Lipinski definition) is 2. The summed E-state index contributed by atoms with van der Waals surface area (Å²) < 4.78 is 5.42. The van der Waals surface area contributed by atoms with E-state index in [1.165, 1.54) is 0 Å². The number of rotatable bonds is 1. The van der Waals surface area contributed by atoms with E-state index in [0.717, 1.165) is 11.5 Å². The summed E-state index contributed by atoms with van der Waals surface area (Å²) in [5, 5.41) is 3.16. The van der Waals surface area contributed by atoms with E-state index in [1.54, 1.807) is 6.08 Å². The fourth-order valence-corrected chi connectivity index (χ4v) is 1.04. The molecule has 1 unspecified atom stereocenters. The van der Waals surface area contributed by atoms with Crippen molar-refractivity contribution in [2.45, 2.75) is 20.1 Å². The van der Waals surface area contributed by atoms with E-state index >= 15 is 0 Å². The molecule has 60 valence electrons. The molecule has 2 nitrogen and oxygen atoms in total. The third kappa shape index (κ3) is 1.64. The van der Waals surface area contributed by atoms with E-state index in [1.807, 2.05) is 26.0 Å². The minimum atomic E-state index is 0.0763. The Morgan fingerprint density at radius 1 is 1.64 bits per heavy atom. The van der Waals surface area contributed by atoms with E-state index in [2.05, 4.69) is 11.9 Å². The van der Waals surface area contributed by atoms with E-state index in [9.17, 15) is 0 Å². The van der Waals surface area contributed by atoms with E-state index in [-0.39, 0.29) is 6.23 Å². The van der Waals surface area contributed by atoms with Gasteiger partial charge in [0, 0.05) is 0 Å². The van der Waals surface area contributed by atoms with Gasteiger partial charge in [0.1, 0.15) is 5.76 Å². The van der Waals surface area contributed by atoms with Crippen molar-refractivity contribution in [2.75, 3.05) is 0 Å². The standard InChI is InChI=1S/C9H13NO/c1-4-6-9-8(5-2)10-7(3)11-9/h4-7,10H,1H2,2-3H3/b8-5+,9-6+. The molecule has 1 saturated heterocycles. The highest BCUT2D eigenvalue weighted by Gasteiger charge is 2.18. The Balaban J connectivity index is 2.81. The quantitative estimate of drug-likeness (QED) is 0.618.